The highest BCUT2D eigenvalue weighted by Crippen LogP contribution is 2.25. The first-order valence-electron chi connectivity index (χ1n) is 7.56. The summed E-state index contributed by atoms with van der Waals surface area (Å²) in [5.41, 5.74) is 1.15. The molecule has 1 aliphatic heterocycles. The molecule has 1 fully saturated rings. The lowest BCUT2D eigenvalue weighted by Crippen LogP contribution is -2.36. The molecule has 0 radical (unpaired) electrons. The van der Waals surface area contributed by atoms with Gasteiger partial charge < -0.3 is 15.0 Å². The largest absolute Gasteiger partial charge is 0.384 e. The second kappa shape index (κ2) is 7.43. The Bertz CT molecular complexity index is 416. The van der Waals surface area contributed by atoms with E-state index in [9.17, 15) is 0 Å². The van der Waals surface area contributed by atoms with Crippen molar-refractivity contribution in [3.05, 3.63) is 11.8 Å². The number of ether oxygens (including phenoxy) is 1. The average Bonchev–Trinajstić information content (AvgIpc) is 2.48. The van der Waals surface area contributed by atoms with Crippen LogP contribution in [0.5, 0.6) is 0 Å². The molecule has 1 aromatic heterocycles. The fraction of sp³-hybridized carbons (Fsp3) is 0.733. The maximum absolute atomic E-state index is 5.26. The number of methoxy groups -OCH3 is 1. The van der Waals surface area contributed by atoms with Crippen molar-refractivity contribution in [3.8, 4) is 0 Å². The number of piperidine rings is 1. The Hall–Kier alpha value is -1.36. The molecule has 0 spiro atoms. The molecule has 0 aromatic carbocycles. The summed E-state index contributed by atoms with van der Waals surface area (Å²) in [5, 5.41) is 3.26. The third-order valence-electron chi connectivity index (χ3n) is 3.79. The minimum atomic E-state index is 0.691. The van der Waals surface area contributed by atoms with Gasteiger partial charge in [-0.15, -0.1) is 0 Å². The molecule has 5 heteroatoms. The first-order chi connectivity index (χ1) is 9.74. The van der Waals surface area contributed by atoms with Gasteiger partial charge in [0.2, 0.25) is 5.95 Å². The second-order valence-corrected chi connectivity index (χ2v) is 5.51. The topological polar surface area (TPSA) is 50.3 Å². The Morgan fingerprint density at radius 3 is 2.80 bits per heavy atom. The Morgan fingerprint density at radius 2 is 2.15 bits per heavy atom. The molecule has 2 heterocycles. The van der Waals surface area contributed by atoms with Gasteiger partial charge in [-0.25, -0.2) is 4.98 Å². The monoisotopic (exact) mass is 278 g/mol. The Labute approximate surface area is 121 Å². The summed E-state index contributed by atoms with van der Waals surface area (Å²) in [6.07, 6.45) is 5.35. The molecular formula is C15H26N4O. The fourth-order valence-electron chi connectivity index (χ4n) is 2.62. The number of hydrogen-bond acceptors (Lipinski definition) is 5. The molecule has 1 saturated heterocycles. The highest BCUT2D eigenvalue weighted by molar-refractivity contribution is 5.49. The smallest absolute Gasteiger partial charge is 0.224 e. The number of rotatable bonds is 6. The van der Waals surface area contributed by atoms with Crippen LogP contribution in [0.3, 0.4) is 0 Å². The zero-order chi connectivity index (χ0) is 14.4. The SMILES string of the molecule is CCCNc1ncc(C)c(N2CCC(COC)CC2)n1. The van der Waals surface area contributed by atoms with Crippen molar-refractivity contribution in [1.82, 2.24) is 9.97 Å². The second-order valence-electron chi connectivity index (χ2n) is 5.51. The standard InChI is InChI=1S/C15H26N4O/c1-4-7-16-15-17-10-12(2)14(18-15)19-8-5-13(6-9-19)11-20-3/h10,13H,4-9,11H2,1-3H3,(H,16,17,18). The van der Waals surface area contributed by atoms with Crippen molar-refractivity contribution >= 4 is 11.8 Å². The van der Waals surface area contributed by atoms with E-state index in [1.54, 1.807) is 7.11 Å². The van der Waals surface area contributed by atoms with Crippen LogP contribution < -0.4 is 10.2 Å². The minimum Gasteiger partial charge on any atom is -0.384 e. The van der Waals surface area contributed by atoms with Crippen LogP contribution in [0.1, 0.15) is 31.7 Å². The molecule has 20 heavy (non-hydrogen) atoms. The molecule has 1 aliphatic rings. The van der Waals surface area contributed by atoms with Crippen molar-refractivity contribution in [2.24, 2.45) is 5.92 Å². The van der Waals surface area contributed by atoms with Crippen LogP contribution in [-0.2, 0) is 4.74 Å². The quantitative estimate of drug-likeness (QED) is 0.866. The first kappa shape index (κ1) is 15.0. The Balaban J connectivity index is 2.01. The van der Waals surface area contributed by atoms with Gasteiger partial charge >= 0.3 is 0 Å². The first-order valence-corrected chi connectivity index (χ1v) is 7.56. The summed E-state index contributed by atoms with van der Waals surface area (Å²) in [4.78, 5) is 11.4. The van der Waals surface area contributed by atoms with E-state index < -0.39 is 0 Å². The molecule has 1 N–H and O–H groups in total. The molecule has 1 aromatic rings. The molecular weight excluding hydrogens is 252 g/mol. The van der Waals surface area contributed by atoms with Crippen molar-refractivity contribution in [2.75, 3.05) is 43.6 Å². The lowest BCUT2D eigenvalue weighted by Gasteiger charge is -2.33. The van der Waals surface area contributed by atoms with Crippen LogP contribution in [0.25, 0.3) is 0 Å². The fourth-order valence-corrected chi connectivity index (χ4v) is 2.62. The van der Waals surface area contributed by atoms with E-state index in [2.05, 4.69) is 34.0 Å². The molecule has 0 atom stereocenters. The zero-order valence-electron chi connectivity index (χ0n) is 12.9. The van der Waals surface area contributed by atoms with Crippen molar-refractivity contribution in [3.63, 3.8) is 0 Å². The van der Waals surface area contributed by atoms with E-state index in [4.69, 9.17) is 4.74 Å². The van der Waals surface area contributed by atoms with Crippen LogP contribution in [0.15, 0.2) is 6.20 Å². The van der Waals surface area contributed by atoms with Gasteiger partial charge in [-0.1, -0.05) is 6.92 Å². The summed E-state index contributed by atoms with van der Waals surface area (Å²) < 4.78 is 5.26. The van der Waals surface area contributed by atoms with E-state index in [0.29, 0.717) is 5.92 Å². The van der Waals surface area contributed by atoms with E-state index >= 15 is 0 Å². The summed E-state index contributed by atoms with van der Waals surface area (Å²) in [6.45, 7) is 8.12. The summed E-state index contributed by atoms with van der Waals surface area (Å²) in [7, 11) is 1.78. The van der Waals surface area contributed by atoms with Gasteiger partial charge in [0.25, 0.3) is 0 Å². The molecule has 0 bridgehead atoms. The molecule has 0 unspecified atom stereocenters. The van der Waals surface area contributed by atoms with Crippen LogP contribution in [0.4, 0.5) is 11.8 Å². The zero-order valence-corrected chi connectivity index (χ0v) is 12.9. The van der Waals surface area contributed by atoms with Gasteiger partial charge in [-0.05, 0) is 32.1 Å². The highest BCUT2D eigenvalue weighted by atomic mass is 16.5. The molecule has 0 amide bonds. The summed E-state index contributed by atoms with van der Waals surface area (Å²) in [5.74, 6) is 2.51. The summed E-state index contributed by atoms with van der Waals surface area (Å²) in [6, 6.07) is 0. The van der Waals surface area contributed by atoms with Gasteiger partial charge in [0, 0.05) is 45.1 Å². The van der Waals surface area contributed by atoms with Gasteiger partial charge in [-0.3, -0.25) is 0 Å². The predicted octanol–water partition coefficient (Wildman–Crippen LogP) is 2.47. The van der Waals surface area contributed by atoms with Gasteiger partial charge in [-0.2, -0.15) is 4.98 Å². The summed E-state index contributed by atoms with van der Waals surface area (Å²) >= 11 is 0. The number of anilines is 2. The van der Waals surface area contributed by atoms with E-state index in [-0.39, 0.29) is 0 Å². The van der Waals surface area contributed by atoms with E-state index in [0.717, 1.165) is 50.0 Å². The van der Waals surface area contributed by atoms with Crippen LogP contribution in [0.2, 0.25) is 0 Å². The van der Waals surface area contributed by atoms with E-state index in [1.165, 1.54) is 12.8 Å². The number of nitrogens with zero attached hydrogens (tertiary/aromatic N) is 3. The number of aryl methyl sites for hydroxylation is 1. The Kier molecular flexibility index (Phi) is 5.59. The van der Waals surface area contributed by atoms with E-state index in [1.807, 2.05) is 6.20 Å². The highest BCUT2D eigenvalue weighted by Gasteiger charge is 2.21. The molecule has 0 aliphatic carbocycles. The molecule has 112 valence electrons. The van der Waals surface area contributed by atoms with Gasteiger partial charge in [0.1, 0.15) is 5.82 Å². The van der Waals surface area contributed by atoms with Crippen LogP contribution >= 0.6 is 0 Å². The van der Waals surface area contributed by atoms with Gasteiger partial charge in [0.15, 0.2) is 0 Å². The number of aromatic nitrogens is 2. The lowest BCUT2D eigenvalue weighted by atomic mass is 9.97. The average molecular weight is 278 g/mol. The number of nitrogens with one attached hydrogen (secondary N) is 1. The van der Waals surface area contributed by atoms with Crippen molar-refractivity contribution in [2.45, 2.75) is 33.1 Å². The lowest BCUT2D eigenvalue weighted by molar-refractivity contribution is 0.139. The Morgan fingerprint density at radius 1 is 1.40 bits per heavy atom. The maximum atomic E-state index is 5.26. The van der Waals surface area contributed by atoms with Crippen molar-refractivity contribution < 1.29 is 4.74 Å². The van der Waals surface area contributed by atoms with Crippen LogP contribution in [0, 0.1) is 12.8 Å². The minimum absolute atomic E-state index is 0.691. The van der Waals surface area contributed by atoms with Crippen molar-refractivity contribution in [1.29, 1.82) is 0 Å². The third-order valence-corrected chi connectivity index (χ3v) is 3.79. The predicted molar refractivity (Wildman–Crippen MR) is 82.4 cm³/mol. The number of hydrogen-bond donors (Lipinski definition) is 1. The maximum Gasteiger partial charge on any atom is 0.224 e. The molecule has 0 saturated carbocycles. The van der Waals surface area contributed by atoms with Crippen LogP contribution in [-0.4, -0.2) is 43.3 Å². The molecule has 2 rings (SSSR count). The van der Waals surface area contributed by atoms with Gasteiger partial charge in [0.05, 0.1) is 0 Å². The normalized spacial score (nSPS) is 16.4. The third kappa shape index (κ3) is 3.82. The molecule has 5 nitrogen and oxygen atoms in total.